The van der Waals surface area contributed by atoms with Crippen molar-refractivity contribution in [3.8, 4) is 0 Å². The van der Waals surface area contributed by atoms with Gasteiger partial charge in [-0.1, -0.05) is 19.3 Å². The van der Waals surface area contributed by atoms with Crippen molar-refractivity contribution in [3.05, 3.63) is 0 Å². The normalized spacial score (nSPS) is 32.8. The molecule has 0 aromatic rings. The highest BCUT2D eigenvalue weighted by Crippen LogP contribution is 2.17. The third-order valence-electron chi connectivity index (χ3n) is 4.90. The summed E-state index contributed by atoms with van der Waals surface area (Å²) in [6.45, 7) is 9.54. The van der Waals surface area contributed by atoms with Gasteiger partial charge in [-0.3, -0.25) is 9.80 Å². The smallest absolute Gasteiger partial charge is 0.0195 e. The molecule has 106 valence electrons. The number of hydrogen-bond donors (Lipinski definition) is 1. The van der Waals surface area contributed by atoms with Gasteiger partial charge in [0.05, 0.1) is 0 Å². The van der Waals surface area contributed by atoms with E-state index in [1.807, 2.05) is 0 Å². The van der Waals surface area contributed by atoms with Gasteiger partial charge in [0, 0.05) is 44.3 Å². The van der Waals surface area contributed by atoms with Crippen molar-refractivity contribution < 1.29 is 0 Å². The molecule has 0 aromatic heterocycles. The molecule has 1 saturated heterocycles. The fourth-order valence-electron chi connectivity index (χ4n) is 3.43. The molecule has 2 unspecified atom stereocenters. The van der Waals surface area contributed by atoms with Crippen LogP contribution in [0.25, 0.3) is 0 Å². The summed E-state index contributed by atoms with van der Waals surface area (Å²) in [4.78, 5) is 5.14. The highest BCUT2D eigenvalue weighted by molar-refractivity contribution is 4.83. The molecule has 3 heteroatoms. The van der Waals surface area contributed by atoms with Gasteiger partial charge in [-0.05, 0) is 33.7 Å². The Kier molecular flexibility index (Phi) is 5.46. The number of piperazine rings is 1. The van der Waals surface area contributed by atoms with Crippen LogP contribution in [-0.4, -0.2) is 61.2 Å². The molecule has 0 aromatic carbocycles. The molecule has 18 heavy (non-hydrogen) atoms. The molecule has 1 aliphatic heterocycles. The van der Waals surface area contributed by atoms with E-state index in [0.717, 1.165) is 6.04 Å². The first-order chi connectivity index (χ1) is 8.66. The second-order valence-electron chi connectivity index (χ2n) is 6.41. The van der Waals surface area contributed by atoms with E-state index in [9.17, 15) is 0 Å². The van der Waals surface area contributed by atoms with Crippen molar-refractivity contribution in [1.82, 2.24) is 15.1 Å². The van der Waals surface area contributed by atoms with Crippen LogP contribution in [0, 0.1) is 0 Å². The maximum Gasteiger partial charge on any atom is 0.0195 e. The van der Waals surface area contributed by atoms with Gasteiger partial charge in [0.2, 0.25) is 0 Å². The standard InChI is InChI=1S/C15H31N3/c1-13-11-18(12-14(2)17(13)3)10-9-16-15-7-5-4-6-8-15/h13-16H,4-12H2,1-3H3. The lowest BCUT2D eigenvalue weighted by Crippen LogP contribution is -2.56. The van der Waals surface area contributed by atoms with Crippen LogP contribution in [0.4, 0.5) is 0 Å². The lowest BCUT2D eigenvalue weighted by Gasteiger charge is -2.42. The molecule has 2 atom stereocenters. The van der Waals surface area contributed by atoms with Crippen LogP contribution in [-0.2, 0) is 0 Å². The third kappa shape index (κ3) is 3.94. The molecule has 0 amide bonds. The van der Waals surface area contributed by atoms with E-state index < -0.39 is 0 Å². The highest BCUT2D eigenvalue weighted by atomic mass is 15.3. The van der Waals surface area contributed by atoms with Gasteiger partial charge >= 0.3 is 0 Å². The predicted octanol–water partition coefficient (Wildman–Crippen LogP) is 1.93. The topological polar surface area (TPSA) is 18.5 Å². The van der Waals surface area contributed by atoms with E-state index in [2.05, 4.69) is 36.0 Å². The fraction of sp³-hybridized carbons (Fsp3) is 1.00. The Labute approximate surface area is 113 Å². The van der Waals surface area contributed by atoms with Crippen LogP contribution in [0.3, 0.4) is 0 Å². The van der Waals surface area contributed by atoms with Crippen LogP contribution >= 0.6 is 0 Å². The first kappa shape index (κ1) is 14.3. The minimum atomic E-state index is 0.698. The number of rotatable bonds is 4. The number of nitrogens with one attached hydrogen (secondary N) is 1. The van der Waals surface area contributed by atoms with Gasteiger partial charge in [0.1, 0.15) is 0 Å². The summed E-state index contributed by atoms with van der Waals surface area (Å²) in [7, 11) is 2.26. The van der Waals surface area contributed by atoms with E-state index in [0.29, 0.717) is 12.1 Å². The second kappa shape index (κ2) is 6.88. The molecule has 2 fully saturated rings. The van der Waals surface area contributed by atoms with Crippen LogP contribution in [0.15, 0.2) is 0 Å². The SMILES string of the molecule is CC1CN(CCNC2CCCCC2)CC(C)N1C. The molecule has 2 rings (SSSR count). The van der Waals surface area contributed by atoms with Crippen LogP contribution in [0.2, 0.25) is 0 Å². The van der Waals surface area contributed by atoms with Crippen molar-refractivity contribution in [2.75, 3.05) is 33.2 Å². The van der Waals surface area contributed by atoms with E-state index in [1.54, 1.807) is 0 Å². The molecular formula is C15H31N3. The molecule has 0 radical (unpaired) electrons. The van der Waals surface area contributed by atoms with E-state index >= 15 is 0 Å². The average Bonchev–Trinajstić information content (AvgIpc) is 2.37. The minimum absolute atomic E-state index is 0.698. The van der Waals surface area contributed by atoms with Crippen molar-refractivity contribution in [1.29, 1.82) is 0 Å². The third-order valence-corrected chi connectivity index (χ3v) is 4.90. The maximum atomic E-state index is 3.75. The van der Waals surface area contributed by atoms with Gasteiger partial charge in [0.15, 0.2) is 0 Å². The van der Waals surface area contributed by atoms with Gasteiger partial charge in [-0.2, -0.15) is 0 Å². The molecule has 1 aliphatic carbocycles. The molecule has 1 saturated carbocycles. The number of likely N-dealkylation sites (N-methyl/N-ethyl adjacent to an activating group) is 1. The Balaban J connectivity index is 1.64. The largest absolute Gasteiger partial charge is 0.313 e. The van der Waals surface area contributed by atoms with Gasteiger partial charge in [0.25, 0.3) is 0 Å². The summed E-state index contributed by atoms with van der Waals surface area (Å²) >= 11 is 0. The Morgan fingerprint density at radius 3 is 2.22 bits per heavy atom. The summed E-state index contributed by atoms with van der Waals surface area (Å²) in [5, 5.41) is 3.75. The lowest BCUT2D eigenvalue weighted by molar-refractivity contribution is 0.0601. The van der Waals surface area contributed by atoms with Crippen LogP contribution < -0.4 is 5.32 Å². The molecule has 0 spiro atoms. The highest BCUT2D eigenvalue weighted by Gasteiger charge is 2.26. The Morgan fingerprint density at radius 1 is 1.00 bits per heavy atom. The zero-order valence-electron chi connectivity index (χ0n) is 12.5. The zero-order valence-corrected chi connectivity index (χ0v) is 12.5. The summed E-state index contributed by atoms with van der Waals surface area (Å²) < 4.78 is 0. The maximum absolute atomic E-state index is 3.75. The molecular weight excluding hydrogens is 222 g/mol. The van der Waals surface area contributed by atoms with Crippen LogP contribution in [0.5, 0.6) is 0 Å². The minimum Gasteiger partial charge on any atom is -0.313 e. The van der Waals surface area contributed by atoms with Crippen molar-refractivity contribution in [2.45, 2.75) is 64.1 Å². The Morgan fingerprint density at radius 2 is 1.61 bits per heavy atom. The molecule has 2 aliphatic rings. The Hall–Kier alpha value is -0.120. The van der Waals surface area contributed by atoms with E-state index in [1.165, 1.54) is 58.3 Å². The lowest BCUT2D eigenvalue weighted by atomic mass is 9.95. The molecule has 1 N–H and O–H groups in total. The van der Waals surface area contributed by atoms with Gasteiger partial charge < -0.3 is 5.32 Å². The summed E-state index contributed by atoms with van der Waals surface area (Å²) in [6.07, 6.45) is 7.11. The van der Waals surface area contributed by atoms with E-state index in [4.69, 9.17) is 0 Å². The van der Waals surface area contributed by atoms with Crippen molar-refractivity contribution >= 4 is 0 Å². The molecule has 1 heterocycles. The zero-order chi connectivity index (χ0) is 13.0. The summed E-state index contributed by atoms with van der Waals surface area (Å²) in [5.74, 6) is 0. The number of hydrogen-bond acceptors (Lipinski definition) is 3. The summed E-state index contributed by atoms with van der Waals surface area (Å²) in [6, 6.07) is 2.20. The average molecular weight is 253 g/mol. The first-order valence-corrected chi connectivity index (χ1v) is 7.84. The second-order valence-corrected chi connectivity index (χ2v) is 6.41. The molecule has 3 nitrogen and oxygen atoms in total. The first-order valence-electron chi connectivity index (χ1n) is 7.84. The van der Waals surface area contributed by atoms with E-state index in [-0.39, 0.29) is 0 Å². The van der Waals surface area contributed by atoms with Gasteiger partial charge in [-0.25, -0.2) is 0 Å². The number of nitrogens with zero attached hydrogens (tertiary/aromatic N) is 2. The van der Waals surface area contributed by atoms with Crippen LogP contribution in [0.1, 0.15) is 46.0 Å². The van der Waals surface area contributed by atoms with Crippen molar-refractivity contribution in [2.24, 2.45) is 0 Å². The summed E-state index contributed by atoms with van der Waals surface area (Å²) in [5.41, 5.74) is 0. The Bertz CT molecular complexity index is 226. The quantitative estimate of drug-likeness (QED) is 0.826. The van der Waals surface area contributed by atoms with Gasteiger partial charge in [-0.15, -0.1) is 0 Å². The molecule has 0 bridgehead atoms. The predicted molar refractivity (Wildman–Crippen MR) is 78.0 cm³/mol. The van der Waals surface area contributed by atoms with Crippen molar-refractivity contribution in [3.63, 3.8) is 0 Å². The monoisotopic (exact) mass is 253 g/mol. The fourth-order valence-corrected chi connectivity index (χ4v) is 3.43.